The van der Waals surface area contributed by atoms with Gasteiger partial charge in [-0.1, -0.05) is 41.6 Å². The molecular weight excluding hydrogens is 426 g/mol. The number of thiazole rings is 1. The number of anilines is 1. The van der Waals surface area contributed by atoms with Crippen molar-refractivity contribution < 1.29 is 9.59 Å². The van der Waals surface area contributed by atoms with Gasteiger partial charge in [0.25, 0.3) is 0 Å². The predicted molar refractivity (Wildman–Crippen MR) is 120 cm³/mol. The second-order valence-corrected chi connectivity index (χ2v) is 9.58. The van der Waals surface area contributed by atoms with E-state index in [1.807, 2.05) is 53.4 Å². The van der Waals surface area contributed by atoms with Gasteiger partial charge in [0, 0.05) is 29.7 Å². The van der Waals surface area contributed by atoms with Crippen LogP contribution in [0, 0.1) is 5.92 Å². The first-order valence-corrected chi connectivity index (χ1v) is 11.6. The zero-order valence-corrected chi connectivity index (χ0v) is 18.0. The van der Waals surface area contributed by atoms with Gasteiger partial charge in [-0.15, -0.1) is 11.3 Å². The smallest absolute Gasteiger partial charge is 0.233 e. The second kappa shape index (κ2) is 9.15. The first-order chi connectivity index (χ1) is 14.1. The highest BCUT2D eigenvalue weighted by Gasteiger charge is 2.27. The number of likely N-dealkylation sites (tertiary alicyclic amines) is 1. The van der Waals surface area contributed by atoms with Crippen LogP contribution in [0.5, 0.6) is 0 Å². The van der Waals surface area contributed by atoms with E-state index in [1.165, 1.54) is 11.8 Å². The number of amides is 2. The van der Waals surface area contributed by atoms with Crippen LogP contribution < -0.4 is 5.32 Å². The lowest BCUT2D eigenvalue weighted by Crippen LogP contribution is -2.42. The monoisotopic (exact) mass is 445 g/mol. The molecule has 0 unspecified atom stereocenters. The zero-order valence-electron chi connectivity index (χ0n) is 15.6. The van der Waals surface area contributed by atoms with Gasteiger partial charge >= 0.3 is 0 Å². The van der Waals surface area contributed by atoms with Crippen molar-refractivity contribution in [3.05, 3.63) is 53.6 Å². The first kappa shape index (κ1) is 20.2. The van der Waals surface area contributed by atoms with Crippen molar-refractivity contribution in [1.82, 2.24) is 9.88 Å². The van der Waals surface area contributed by atoms with Gasteiger partial charge < -0.3 is 10.2 Å². The van der Waals surface area contributed by atoms with E-state index < -0.39 is 0 Å². The van der Waals surface area contributed by atoms with E-state index in [4.69, 9.17) is 11.6 Å². The summed E-state index contributed by atoms with van der Waals surface area (Å²) in [6.45, 7) is 1.23. The fraction of sp³-hybridized carbons (Fsp3) is 0.286. The number of nitrogens with zero attached hydrogens (tertiary/aromatic N) is 2. The van der Waals surface area contributed by atoms with Crippen molar-refractivity contribution in [2.75, 3.05) is 24.2 Å². The Labute approximate surface area is 182 Å². The number of halogens is 1. The highest BCUT2D eigenvalue weighted by molar-refractivity contribution is 8.01. The maximum absolute atomic E-state index is 12.6. The van der Waals surface area contributed by atoms with Crippen LogP contribution >= 0.6 is 34.7 Å². The summed E-state index contributed by atoms with van der Waals surface area (Å²) in [6.07, 6.45) is 1.38. The molecule has 150 valence electrons. The van der Waals surface area contributed by atoms with E-state index in [1.54, 1.807) is 11.3 Å². The minimum absolute atomic E-state index is 0.0332. The Kier molecular flexibility index (Phi) is 6.37. The maximum Gasteiger partial charge on any atom is 0.233 e. The Bertz CT molecular complexity index is 1020. The van der Waals surface area contributed by atoms with Crippen LogP contribution in [0.3, 0.4) is 0 Å². The molecule has 1 fully saturated rings. The van der Waals surface area contributed by atoms with Crippen LogP contribution in [-0.4, -0.2) is 40.5 Å². The SMILES string of the molecule is O=C(Nc1ccccc1)C1CCN(C(=O)CSc2nc3cc(Cl)ccc3s2)CC1. The standard InChI is InChI=1S/C21H20ClN3O2S2/c22-15-6-7-18-17(12-15)24-21(29-18)28-13-19(26)25-10-8-14(9-11-25)20(27)23-16-4-2-1-3-5-16/h1-7,12,14H,8-11,13H2,(H,23,27). The van der Waals surface area contributed by atoms with Gasteiger partial charge in [0.2, 0.25) is 11.8 Å². The molecule has 0 atom stereocenters. The molecular formula is C21H20ClN3O2S2. The van der Waals surface area contributed by atoms with Crippen molar-refractivity contribution in [1.29, 1.82) is 0 Å². The first-order valence-electron chi connectivity index (χ1n) is 9.41. The number of fused-ring (bicyclic) bond motifs is 1. The minimum atomic E-state index is -0.0547. The van der Waals surface area contributed by atoms with Gasteiger partial charge in [0.05, 0.1) is 16.0 Å². The normalized spacial score (nSPS) is 14.9. The summed E-state index contributed by atoms with van der Waals surface area (Å²) in [7, 11) is 0. The summed E-state index contributed by atoms with van der Waals surface area (Å²) >= 11 is 9.03. The topological polar surface area (TPSA) is 62.3 Å². The Morgan fingerprint density at radius 2 is 1.93 bits per heavy atom. The molecule has 1 saturated heterocycles. The summed E-state index contributed by atoms with van der Waals surface area (Å²) in [6, 6.07) is 15.1. The lowest BCUT2D eigenvalue weighted by atomic mass is 9.96. The van der Waals surface area contributed by atoms with Crippen LogP contribution in [0.1, 0.15) is 12.8 Å². The van der Waals surface area contributed by atoms with Gasteiger partial charge in [-0.25, -0.2) is 4.98 Å². The summed E-state index contributed by atoms with van der Waals surface area (Å²) in [4.78, 5) is 31.4. The van der Waals surface area contributed by atoms with Crippen LogP contribution in [0.15, 0.2) is 52.9 Å². The molecule has 0 bridgehead atoms. The van der Waals surface area contributed by atoms with Crippen molar-refractivity contribution in [3.8, 4) is 0 Å². The van der Waals surface area contributed by atoms with Crippen LogP contribution in [0.4, 0.5) is 5.69 Å². The van der Waals surface area contributed by atoms with Gasteiger partial charge in [-0.3, -0.25) is 9.59 Å². The molecule has 0 spiro atoms. The van der Waals surface area contributed by atoms with Gasteiger partial charge in [0.1, 0.15) is 0 Å². The fourth-order valence-electron chi connectivity index (χ4n) is 3.31. The number of para-hydroxylation sites is 1. The molecule has 3 aromatic rings. The van der Waals surface area contributed by atoms with Gasteiger partial charge in [-0.05, 0) is 43.2 Å². The average Bonchev–Trinajstić information content (AvgIpc) is 3.15. The minimum Gasteiger partial charge on any atom is -0.342 e. The number of carbonyl (C=O) groups excluding carboxylic acids is 2. The number of hydrogen-bond donors (Lipinski definition) is 1. The third-order valence-electron chi connectivity index (χ3n) is 4.91. The molecule has 5 nitrogen and oxygen atoms in total. The molecule has 0 radical (unpaired) electrons. The predicted octanol–water partition coefficient (Wildman–Crippen LogP) is 4.92. The number of thioether (sulfide) groups is 1. The van der Waals surface area contributed by atoms with E-state index in [2.05, 4.69) is 10.3 Å². The zero-order chi connectivity index (χ0) is 20.2. The molecule has 0 saturated carbocycles. The highest BCUT2D eigenvalue weighted by atomic mass is 35.5. The molecule has 0 aliphatic carbocycles. The molecule has 29 heavy (non-hydrogen) atoms. The highest BCUT2D eigenvalue weighted by Crippen LogP contribution is 2.31. The number of aromatic nitrogens is 1. The lowest BCUT2D eigenvalue weighted by molar-refractivity contribution is -0.132. The maximum atomic E-state index is 12.6. The third-order valence-corrected chi connectivity index (χ3v) is 7.31. The largest absolute Gasteiger partial charge is 0.342 e. The number of piperidine rings is 1. The fourth-order valence-corrected chi connectivity index (χ4v) is 5.43. The summed E-state index contributed by atoms with van der Waals surface area (Å²) in [5.74, 6) is 0.426. The molecule has 1 N–H and O–H groups in total. The Morgan fingerprint density at radius 3 is 2.69 bits per heavy atom. The molecule has 1 aliphatic heterocycles. The second-order valence-electron chi connectivity index (χ2n) is 6.89. The lowest BCUT2D eigenvalue weighted by Gasteiger charge is -2.31. The average molecular weight is 446 g/mol. The number of nitrogens with one attached hydrogen (secondary N) is 1. The van der Waals surface area contributed by atoms with Crippen molar-refractivity contribution in [2.45, 2.75) is 17.2 Å². The van der Waals surface area contributed by atoms with Crippen molar-refractivity contribution in [2.24, 2.45) is 5.92 Å². The Hall–Kier alpha value is -2.09. The van der Waals surface area contributed by atoms with Crippen LogP contribution in [-0.2, 0) is 9.59 Å². The van der Waals surface area contributed by atoms with Gasteiger partial charge in [-0.2, -0.15) is 0 Å². The number of benzene rings is 2. The van der Waals surface area contributed by atoms with Crippen LogP contribution in [0.25, 0.3) is 10.2 Å². The quantitative estimate of drug-likeness (QED) is 0.566. The van der Waals surface area contributed by atoms with E-state index in [9.17, 15) is 9.59 Å². The molecule has 4 rings (SSSR count). The molecule has 2 amide bonds. The Balaban J connectivity index is 1.25. The van der Waals surface area contributed by atoms with E-state index >= 15 is 0 Å². The summed E-state index contributed by atoms with van der Waals surface area (Å²) in [5, 5.41) is 3.62. The molecule has 2 heterocycles. The summed E-state index contributed by atoms with van der Waals surface area (Å²) < 4.78 is 1.93. The molecule has 1 aliphatic rings. The molecule has 2 aromatic carbocycles. The third kappa shape index (κ3) is 5.10. The van der Waals surface area contributed by atoms with E-state index in [0.717, 1.165) is 20.2 Å². The summed E-state index contributed by atoms with van der Waals surface area (Å²) in [5.41, 5.74) is 1.67. The van der Waals surface area contributed by atoms with E-state index in [0.29, 0.717) is 36.7 Å². The van der Waals surface area contributed by atoms with Gasteiger partial charge in [0.15, 0.2) is 4.34 Å². The van der Waals surface area contributed by atoms with Crippen molar-refractivity contribution in [3.63, 3.8) is 0 Å². The van der Waals surface area contributed by atoms with Crippen molar-refractivity contribution >= 4 is 62.4 Å². The number of carbonyl (C=O) groups is 2. The van der Waals surface area contributed by atoms with E-state index in [-0.39, 0.29) is 17.7 Å². The Morgan fingerprint density at radius 1 is 1.17 bits per heavy atom. The van der Waals surface area contributed by atoms with Crippen LogP contribution in [0.2, 0.25) is 5.02 Å². The molecule has 1 aromatic heterocycles. The molecule has 8 heteroatoms. The number of rotatable bonds is 5. The number of hydrogen-bond acceptors (Lipinski definition) is 5.